The fourth-order valence-corrected chi connectivity index (χ4v) is 2.08. The normalized spacial score (nSPS) is 10.7. The van der Waals surface area contributed by atoms with Gasteiger partial charge in [0.1, 0.15) is 0 Å². The quantitative estimate of drug-likeness (QED) is 0.797. The summed E-state index contributed by atoms with van der Waals surface area (Å²) in [5.74, 6) is 5.48. The summed E-state index contributed by atoms with van der Waals surface area (Å²) in [4.78, 5) is 4.72. The molecule has 0 atom stereocenters. The molecule has 0 amide bonds. The molecule has 0 unspecified atom stereocenters. The Labute approximate surface area is 102 Å². The van der Waals surface area contributed by atoms with Crippen molar-refractivity contribution in [3.63, 3.8) is 0 Å². The smallest absolute Gasteiger partial charge is 0.0688 e. The third-order valence-corrected chi connectivity index (χ3v) is 2.93. The van der Waals surface area contributed by atoms with E-state index in [1.165, 1.54) is 11.1 Å². The standard InChI is InChI=1S/C15H17NO/c16-17-12-11-15(13-7-3-1-4-8-13)14-9-5-2-6-10-14/h1-10,15H,11-12,16H2. The van der Waals surface area contributed by atoms with Gasteiger partial charge in [-0.25, -0.2) is 5.90 Å². The lowest BCUT2D eigenvalue weighted by molar-refractivity contribution is 0.132. The van der Waals surface area contributed by atoms with Crippen LogP contribution in [-0.2, 0) is 4.84 Å². The van der Waals surface area contributed by atoms with Gasteiger partial charge < -0.3 is 4.84 Å². The van der Waals surface area contributed by atoms with Crippen molar-refractivity contribution in [3.05, 3.63) is 71.8 Å². The lowest BCUT2D eigenvalue weighted by atomic mass is 9.89. The van der Waals surface area contributed by atoms with Crippen LogP contribution in [0, 0.1) is 0 Å². The zero-order valence-corrected chi connectivity index (χ0v) is 9.75. The van der Waals surface area contributed by atoms with E-state index in [4.69, 9.17) is 10.7 Å². The van der Waals surface area contributed by atoms with E-state index in [0.717, 1.165) is 6.42 Å². The predicted octanol–water partition coefficient (Wildman–Crippen LogP) is 3.10. The number of benzene rings is 2. The Bertz CT molecular complexity index is 388. The third kappa shape index (κ3) is 3.16. The summed E-state index contributed by atoms with van der Waals surface area (Å²) in [7, 11) is 0. The summed E-state index contributed by atoms with van der Waals surface area (Å²) in [6, 6.07) is 20.9. The van der Waals surface area contributed by atoms with Crippen LogP contribution in [0.3, 0.4) is 0 Å². The number of rotatable bonds is 5. The van der Waals surface area contributed by atoms with Gasteiger partial charge in [-0.3, -0.25) is 0 Å². The molecule has 0 aromatic heterocycles. The Morgan fingerprint density at radius 3 is 1.71 bits per heavy atom. The molecule has 2 nitrogen and oxygen atoms in total. The van der Waals surface area contributed by atoms with Gasteiger partial charge in [-0.1, -0.05) is 60.7 Å². The van der Waals surface area contributed by atoms with Gasteiger partial charge in [-0.05, 0) is 17.5 Å². The molecule has 0 aliphatic heterocycles. The molecule has 88 valence electrons. The van der Waals surface area contributed by atoms with Gasteiger partial charge in [0, 0.05) is 5.92 Å². The van der Waals surface area contributed by atoms with E-state index in [-0.39, 0.29) is 0 Å². The molecule has 0 saturated carbocycles. The minimum absolute atomic E-state index is 0.348. The maximum atomic E-state index is 5.13. The van der Waals surface area contributed by atoms with Crippen LogP contribution in [0.5, 0.6) is 0 Å². The van der Waals surface area contributed by atoms with Crippen molar-refractivity contribution in [3.8, 4) is 0 Å². The zero-order valence-electron chi connectivity index (χ0n) is 9.75. The summed E-state index contributed by atoms with van der Waals surface area (Å²) in [5.41, 5.74) is 2.60. The number of nitrogens with two attached hydrogens (primary N) is 1. The van der Waals surface area contributed by atoms with Crippen LogP contribution < -0.4 is 5.90 Å². The molecule has 2 aromatic rings. The Morgan fingerprint density at radius 2 is 1.29 bits per heavy atom. The van der Waals surface area contributed by atoms with Gasteiger partial charge in [-0.2, -0.15) is 0 Å². The minimum atomic E-state index is 0.348. The van der Waals surface area contributed by atoms with E-state index in [2.05, 4.69) is 48.5 Å². The molecule has 0 saturated heterocycles. The first kappa shape index (κ1) is 11.8. The van der Waals surface area contributed by atoms with Gasteiger partial charge in [0.05, 0.1) is 6.61 Å². The summed E-state index contributed by atoms with van der Waals surface area (Å²) < 4.78 is 0. The van der Waals surface area contributed by atoms with Crippen LogP contribution in [0.25, 0.3) is 0 Å². The summed E-state index contributed by atoms with van der Waals surface area (Å²) in [6.45, 7) is 0.564. The van der Waals surface area contributed by atoms with Crippen molar-refractivity contribution in [1.29, 1.82) is 0 Å². The molecule has 2 rings (SSSR count). The van der Waals surface area contributed by atoms with E-state index in [1.807, 2.05) is 12.1 Å². The topological polar surface area (TPSA) is 35.2 Å². The lowest BCUT2D eigenvalue weighted by Gasteiger charge is -2.17. The van der Waals surface area contributed by atoms with Crippen LogP contribution >= 0.6 is 0 Å². The van der Waals surface area contributed by atoms with Crippen molar-refractivity contribution in [2.24, 2.45) is 5.90 Å². The molecule has 0 fully saturated rings. The SMILES string of the molecule is NOCCC(c1ccccc1)c1ccccc1. The molecule has 17 heavy (non-hydrogen) atoms. The maximum absolute atomic E-state index is 5.13. The van der Waals surface area contributed by atoms with E-state index in [1.54, 1.807) is 0 Å². The first-order chi connectivity index (χ1) is 8.42. The Morgan fingerprint density at radius 1 is 0.824 bits per heavy atom. The predicted molar refractivity (Wildman–Crippen MR) is 69.5 cm³/mol. The van der Waals surface area contributed by atoms with Crippen molar-refractivity contribution in [1.82, 2.24) is 0 Å². The maximum Gasteiger partial charge on any atom is 0.0688 e. The second kappa shape index (κ2) is 6.18. The fourth-order valence-electron chi connectivity index (χ4n) is 2.08. The van der Waals surface area contributed by atoms with E-state index < -0.39 is 0 Å². The van der Waals surface area contributed by atoms with Crippen molar-refractivity contribution in [2.75, 3.05) is 6.61 Å². The molecular weight excluding hydrogens is 210 g/mol. The molecule has 2 aromatic carbocycles. The van der Waals surface area contributed by atoms with Crippen molar-refractivity contribution < 1.29 is 4.84 Å². The number of hydrogen-bond donors (Lipinski definition) is 1. The largest absolute Gasteiger partial charge is 0.305 e. The summed E-state index contributed by atoms with van der Waals surface area (Å²) in [6.07, 6.45) is 0.893. The molecule has 0 aliphatic carbocycles. The highest BCUT2D eigenvalue weighted by Crippen LogP contribution is 2.27. The Hall–Kier alpha value is -1.64. The van der Waals surface area contributed by atoms with Crippen molar-refractivity contribution in [2.45, 2.75) is 12.3 Å². The van der Waals surface area contributed by atoms with E-state index in [0.29, 0.717) is 12.5 Å². The molecule has 0 heterocycles. The number of hydrogen-bond acceptors (Lipinski definition) is 2. The second-order valence-electron chi connectivity index (χ2n) is 4.03. The summed E-state index contributed by atoms with van der Waals surface area (Å²) in [5, 5.41) is 0. The van der Waals surface area contributed by atoms with Crippen LogP contribution in [0.4, 0.5) is 0 Å². The fraction of sp³-hybridized carbons (Fsp3) is 0.200. The average molecular weight is 227 g/mol. The van der Waals surface area contributed by atoms with Crippen molar-refractivity contribution >= 4 is 0 Å². The third-order valence-electron chi connectivity index (χ3n) is 2.93. The molecular formula is C15H17NO. The zero-order chi connectivity index (χ0) is 11.9. The van der Waals surface area contributed by atoms with Gasteiger partial charge in [-0.15, -0.1) is 0 Å². The first-order valence-corrected chi connectivity index (χ1v) is 5.83. The Kier molecular flexibility index (Phi) is 4.30. The molecule has 2 N–H and O–H groups in total. The highest BCUT2D eigenvalue weighted by molar-refractivity contribution is 5.32. The molecule has 0 bridgehead atoms. The van der Waals surface area contributed by atoms with Gasteiger partial charge in [0.25, 0.3) is 0 Å². The van der Waals surface area contributed by atoms with E-state index >= 15 is 0 Å². The molecule has 2 heteroatoms. The minimum Gasteiger partial charge on any atom is -0.305 e. The highest BCUT2D eigenvalue weighted by Gasteiger charge is 2.13. The van der Waals surface area contributed by atoms with Crippen LogP contribution in [0.1, 0.15) is 23.5 Å². The monoisotopic (exact) mass is 227 g/mol. The lowest BCUT2D eigenvalue weighted by Crippen LogP contribution is -2.08. The first-order valence-electron chi connectivity index (χ1n) is 5.83. The molecule has 0 aliphatic rings. The van der Waals surface area contributed by atoms with Crippen LogP contribution in [0.2, 0.25) is 0 Å². The molecule has 0 radical (unpaired) electrons. The van der Waals surface area contributed by atoms with Crippen LogP contribution in [0.15, 0.2) is 60.7 Å². The van der Waals surface area contributed by atoms with Crippen LogP contribution in [-0.4, -0.2) is 6.61 Å². The highest BCUT2D eigenvalue weighted by atomic mass is 16.6. The second-order valence-corrected chi connectivity index (χ2v) is 4.03. The van der Waals surface area contributed by atoms with E-state index in [9.17, 15) is 0 Å². The Balaban J connectivity index is 2.26. The molecule has 0 spiro atoms. The van der Waals surface area contributed by atoms with Gasteiger partial charge in [0.15, 0.2) is 0 Å². The average Bonchev–Trinajstić information content (AvgIpc) is 2.42. The van der Waals surface area contributed by atoms with Gasteiger partial charge in [0.2, 0.25) is 0 Å². The summed E-state index contributed by atoms with van der Waals surface area (Å²) >= 11 is 0. The van der Waals surface area contributed by atoms with Gasteiger partial charge >= 0.3 is 0 Å².